The summed E-state index contributed by atoms with van der Waals surface area (Å²) in [5, 5.41) is 3.29. The van der Waals surface area contributed by atoms with Gasteiger partial charge < -0.3 is 4.42 Å². The second kappa shape index (κ2) is 4.94. The Hall–Kier alpha value is -1.39. The molecule has 2 aromatic heterocycles. The first-order valence-electron chi connectivity index (χ1n) is 5.86. The lowest BCUT2D eigenvalue weighted by molar-refractivity contribution is 0.617. The quantitative estimate of drug-likeness (QED) is 0.634. The van der Waals surface area contributed by atoms with Crippen LogP contribution in [0.3, 0.4) is 0 Å². The monoisotopic (exact) mass is 334 g/mol. The van der Waals surface area contributed by atoms with Crippen molar-refractivity contribution in [2.75, 3.05) is 0 Å². The zero-order valence-electron chi connectivity index (χ0n) is 10.3. The van der Waals surface area contributed by atoms with E-state index in [1.165, 1.54) is 0 Å². The Labute approximate surface area is 122 Å². The second-order valence-corrected chi connectivity index (χ2v) is 5.89. The van der Waals surface area contributed by atoms with Gasteiger partial charge in [0.15, 0.2) is 5.43 Å². The van der Waals surface area contributed by atoms with E-state index in [9.17, 15) is 4.79 Å². The minimum atomic E-state index is 0.00977. The highest BCUT2D eigenvalue weighted by Gasteiger charge is 2.11. The molecule has 0 radical (unpaired) electrons. The molecule has 0 unspecified atom stereocenters. The summed E-state index contributed by atoms with van der Waals surface area (Å²) < 4.78 is 5.94. The molecule has 0 bridgehead atoms. The number of alkyl halides is 1. The summed E-state index contributed by atoms with van der Waals surface area (Å²) in [7, 11) is 0. The third-order valence-corrected chi connectivity index (χ3v) is 4.45. The van der Waals surface area contributed by atoms with Gasteiger partial charge in [0.05, 0.1) is 10.3 Å². The van der Waals surface area contributed by atoms with Crippen molar-refractivity contribution in [1.82, 2.24) is 0 Å². The molecule has 4 heteroatoms. The molecule has 1 aromatic carbocycles. The Morgan fingerprint density at radius 2 is 2.16 bits per heavy atom. The molecule has 0 aliphatic rings. The number of rotatable bonds is 2. The zero-order valence-corrected chi connectivity index (χ0v) is 12.7. The van der Waals surface area contributed by atoms with Crippen LogP contribution < -0.4 is 5.43 Å². The zero-order chi connectivity index (χ0) is 13.4. The van der Waals surface area contributed by atoms with Gasteiger partial charge in [0, 0.05) is 17.0 Å². The number of thiophene rings is 1. The van der Waals surface area contributed by atoms with E-state index in [0.717, 1.165) is 16.0 Å². The fourth-order valence-electron chi connectivity index (χ4n) is 2.13. The predicted molar refractivity (Wildman–Crippen MR) is 83.2 cm³/mol. The average Bonchev–Trinajstić information content (AvgIpc) is 2.92. The van der Waals surface area contributed by atoms with Gasteiger partial charge in [-0.15, -0.1) is 11.3 Å². The SMILES string of the molecule is Cc1cc(CBr)c2oc(-c3cccs3)cc(=O)c2c1. The molecule has 0 fully saturated rings. The molecule has 3 aromatic rings. The van der Waals surface area contributed by atoms with Gasteiger partial charge in [0.2, 0.25) is 0 Å². The number of halogens is 1. The molecule has 0 saturated carbocycles. The summed E-state index contributed by atoms with van der Waals surface area (Å²) in [6.45, 7) is 1.98. The van der Waals surface area contributed by atoms with Gasteiger partial charge in [-0.2, -0.15) is 0 Å². The average molecular weight is 335 g/mol. The number of fused-ring (bicyclic) bond motifs is 1. The Balaban J connectivity index is 2.37. The van der Waals surface area contributed by atoms with Gasteiger partial charge in [-0.25, -0.2) is 0 Å². The largest absolute Gasteiger partial charge is 0.455 e. The standard InChI is InChI=1S/C15H11BrO2S/c1-9-5-10(8-16)15-11(6-9)12(17)7-13(18-15)14-3-2-4-19-14/h2-7H,8H2,1H3. The molecule has 0 aliphatic carbocycles. The van der Waals surface area contributed by atoms with Crippen LogP contribution in [-0.2, 0) is 5.33 Å². The fourth-order valence-corrected chi connectivity index (χ4v) is 3.22. The van der Waals surface area contributed by atoms with Crippen molar-refractivity contribution in [3.8, 4) is 10.6 Å². The highest BCUT2D eigenvalue weighted by molar-refractivity contribution is 9.08. The molecule has 2 heterocycles. The molecule has 96 valence electrons. The van der Waals surface area contributed by atoms with Crippen LogP contribution in [0.4, 0.5) is 0 Å². The van der Waals surface area contributed by atoms with Crippen molar-refractivity contribution < 1.29 is 4.42 Å². The van der Waals surface area contributed by atoms with E-state index in [1.54, 1.807) is 17.4 Å². The van der Waals surface area contributed by atoms with Crippen LogP contribution in [0.25, 0.3) is 21.6 Å². The third-order valence-electron chi connectivity index (χ3n) is 2.96. The van der Waals surface area contributed by atoms with Crippen LogP contribution in [0, 0.1) is 6.92 Å². The van der Waals surface area contributed by atoms with Gasteiger partial charge in [0.1, 0.15) is 11.3 Å². The van der Waals surface area contributed by atoms with E-state index in [2.05, 4.69) is 15.9 Å². The highest BCUT2D eigenvalue weighted by Crippen LogP contribution is 2.28. The van der Waals surface area contributed by atoms with Gasteiger partial charge in [0.25, 0.3) is 0 Å². The van der Waals surface area contributed by atoms with Crippen molar-refractivity contribution in [1.29, 1.82) is 0 Å². The van der Waals surface area contributed by atoms with Gasteiger partial charge in [-0.1, -0.05) is 28.1 Å². The maximum atomic E-state index is 12.2. The van der Waals surface area contributed by atoms with Crippen LogP contribution in [0.5, 0.6) is 0 Å². The van der Waals surface area contributed by atoms with E-state index in [0.29, 0.717) is 22.1 Å². The molecule has 0 amide bonds. The summed E-state index contributed by atoms with van der Waals surface area (Å²) >= 11 is 5.02. The molecule has 0 saturated heterocycles. The van der Waals surface area contributed by atoms with Crippen molar-refractivity contribution >= 4 is 38.2 Å². The normalized spacial score (nSPS) is 11.1. The van der Waals surface area contributed by atoms with Gasteiger partial charge in [-0.3, -0.25) is 4.79 Å². The molecular formula is C15H11BrO2S. The number of hydrogen-bond acceptors (Lipinski definition) is 3. The summed E-state index contributed by atoms with van der Waals surface area (Å²) in [6.07, 6.45) is 0. The molecule has 0 spiro atoms. The minimum absolute atomic E-state index is 0.00977. The van der Waals surface area contributed by atoms with Gasteiger partial charge in [-0.05, 0) is 30.0 Å². The molecular weight excluding hydrogens is 324 g/mol. The fraction of sp³-hybridized carbons (Fsp3) is 0.133. The molecule has 0 aliphatic heterocycles. The Bertz CT molecular complexity index is 788. The predicted octanol–water partition coefficient (Wildman–Crippen LogP) is 4.72. The summed E-state index contributed by atoms with van der Waals surface area (Å²) in [5.74, 6) is 0.638. The lowest BCUT2D eigenvalue weighted by Gasteiger charge is -2.06. The van der Waals surface area contributed by atoms with Gasteiger partial charge >= 0.3 is 0 Å². The van der Waals surface area contributed by atoms with Crippen molar-refractivity contribution in [2.45, 2.75) is 12.3 Å². The molecule has 3 rings (SSSR count). The maximum absolute atomic E-state index is 12.2. The van der Waals surface area contributed by atoms with Crippen LogP contribution in [0.15, 0.2) is 44.9 Å². The van der Waals surface area contributed by atoms with E-state index in [-0.39, 0.29) is 5.43 Å². The molecule has 2 nitrogen and oxygen atoms in total. The Kier molecular flexibility index (Phi) is 3.29. The van der Waals surface area contributed by atoms with Crippen molar-refractivity contribution in [3.05, 3.63) is 57.1 Å². The first-order valence-corrected chi connectivity index (χ1v) is 7.86. The van der Waals surface area contributed by atoms with Crippen molar-refractivity contribution in [3.63, 3.8) is 0 Å². The van der Waals surface area contributed by atoms with E-state index >= 15 is 0 Å². The lowest BCUT2D eigenvalue weighted by atomic mass is 10.1. The third kappa shape index (κ3) is 2.26. The van der Waals surface area contributed by atoms with E-state index in [1.807, 2.05) is 36.6 Å². The van der Waals surface area contributed by atoms with Crippen LogP contribution in [0.1, 0.15) is 11.1 Å². The Morgan fingerprint density at radius 1 is 1.32 bits per heavy atom. The summed E-state index contributed by atoms with van der Waals surface area (Å²) in [5.41, 5.74) is 2.76. The highest BCUT2D eigenvalue weighted by atomic mass is 79.9. The summed E-state index contributed by atoms with van der Waals surface area (Å²) in [4.78, 5) is 13.2. The number of aryl methyl sites for hydroxylation is 1. The van der Waals surface area contributed by atoms with E-state index in [4.69, 9.17) is 4.42 Å². The minimum Gasteiger partial charge on any atom is -0.455 e. The van der Waals surface area contributed by atoms with Crippen molar-refractivity contribution in [2.24, 2.45) is 0 Å². The first-order chi connectivity index (χ1) is 9.19. The molecule has 0 N–H and O–H groups in total. The smallest absolute Gasteiger partial charge is 0.193 e. The lowest BCUT2D eigenvalue weighted by Crippen LogP contribution is -2.02. The topological polar surface area (TPSA) is 30.2 Å². The van der Waals surface area contributed by atoms with Crippen LogP contribution in [0.2, 0.25) is 0 Å². The van der Waals surface area contributed by atoms with E-state index < -0.39 is 0 Å². The number of benzene rings is 1. The maximum Gasteiger partial charge on any atom is 0.193 e. The van der Waals surface area contributed by atoms with Crippen LogP contribution in [-0.4, -0.2) is 0 Å². The van der Waals surface area contributed by atoms with Crippen LogP contribution >= 0.6 is 27.3 Å². The molecule has 19 heavy (non-hydrogen) atoms. The Morgan fingerprint density at radius 3 is 2.84 bits per heavy atom. The summed E-state index contributed by atoms with van der Waals surface area (Å²) in [6, 6.07) is 9.40. The second-order valence-electron chi connectivity index (χ2n) is 4.39. The number of hydrogen-bond donors (Lipinski definition) is 0. The molecule has 0 atom stereocenters. The first kappa shape index (κ1) is 12.6.